The van der Waals surface area contributed by atoms with Gasteiger partial charge in [-0.1, -0.05) is 0 Å². The molecule has 0 saturated carbocycles. The van der Waals surface area contributed by atoms with E-state index < -0.39 is 5.60 Å². The molecule has 0 radical (unpaired) electrons. The van der Waals surface area contributed by atoms with Crippen LogP contribution in [0, 0.1) is 6.92 Å². The maximum absolute atomic E-state index is 12.1. The number of aryl methyl sites for hydroxylation is 1. The van der Waals surface area contributed by atoms with Crippen LogP contribution in [0.25, 0.3) is 9.75 Å². The monoisotopic (exact) mass is 373 g/mol. The van der Waals surface area contributed by atoms with Gasteiger partial charge in [0.2, 0.25) is 0 Å². The fourth-order valence-corrected chi connectivity index (χ4v) is 4.15. The predicted molar refractivity (Wildman–Crippen MR) is 89.6 cm³/mol. The van der Waals surface area contributed by atoms with E-state index in [1.54, 1.807) is 11.3 Å². The van der Waals surface area contributed by atoms with Crippen molar-refractivity contribution in [3.8, 4) is 9.75 Å². The molecule has 20 heavy (non-hydrogen) atoms. The Bertz CT molecular complexity index is 633. The zero-order valence-electron chi connectivity index (χ0n) is 11.7. The van der Waals surface area contributed by atoms with Gasteiger partial charge in [0, 0.05) is 9.75 Å². The third kappa shape index (κ3) is 3.42. The SMILES string of the molecule is Cc1cc(-c2cc(N)c(C(=O)OC(C)(C)C)s2)sc1Br. The summed E-state index contributed by atoms with van der Waals surface area (Å²) in [5, 5.41) is 0. The Morgan fingerprint density at radius 1 is 1.25 bits per heavy atom. The van der Waals surface area contributed by atoms with Crippen LogP contribution < -0.4 is 5.73 Å². The molecule has 2 N–H and O–H groups in total. The maximum atomic E-state index is 12.1. The largest absolute Gasteiger partial charge is 0.456 e. The first-order chi connectivity index (χ1) is 9.17. The number of nitrogen functional groups attached to an aromatic ring is 1. The summed E-state index contributed by atoms with van der Waals surface area (Å²) in [6, 6.07) is 3.92. The average Bonchev–Trinajstić information content (AvgIpc) is 2.81. The second kappa shape index (κ2) is 5.50. The zero-order valence-corrected chi connectivity index (χ0v) is 15.0. The molecule has 2 aromatic rings. The number of nitrogens with two attached hydrogens (primary N) is 1. The third-order valence-corrected chi connectivity index (χ3v) is 5.91. The van der Waals surface area contributed by atoms with Crippen LogP contribution in [0.5, 0.6) is 0 Å². The van der Waals surface area contributed by atoms with Crippen molar-refractivity contribution in [2.75, 3.05) is 5.73 Å². The van der Waals surface area contributed by atoms with Gasteiger partial charge in [-0.25, -0.2) is 4.79 Å². The highest BCUT2D eigenvalue weighted by Gasteiger charge is 2.22. The number of carbonyl (C=O) groups excluding carboxylic acids is 1. The second-order valence-corrected chi connectivity index (χ2v) is 8.89. The Labute approximate surface area is 134 Å². The number of anilines is 1. The van der Waals surface area contributed by atoms with Crippen LogP contribution in [0.1, 0.15) is 36.0 Å². The molecule has 6 heteroatoms. The summed E-state index contributed by atoms with van der Waals surface area (Å²) in [6.45, 7) is 7.57. The number of carbonyl (C=O) groups is 1. The van der Waals surface area contributed by atoms with Crippen LogP contribution in [0.4, 0.5) is 5.69 Å². The lowest BCUT2D eigenvalue weighted by Crippen LogP contribution is -2.23. The van der Waals surface area contributed by atoms with Crippen molar-refractivity contribution < 1.29 is 9.53 Å². The van der Waals surface area contributed by atoms with Gasteiger partial charge in [-0.3, -0.25) is 0 Å². The van der Waals surface area contributed by atoms with Gasteiger partial charge in [-0.15, -0.1) is 22.7 Å². The molecule has 2 aromatic heterocycles. The molecule has 108 valence electrons. The van der Waals surface area contributed by atoms with Gasteiger partial charge in [-0.2, -0.15) is 0 Å². The highest BCUT2D eigenvalue weighted by molar-refractivity contribution is 9.11. The fraction of sp³-hybridized carbons (Fsp3) is 0.357. The first-order valence-corrected chi connectivity index (χ1v) is 8.49. The lowest BCUT2D eigenvalue weighted by atomic mass is 10.2. The van der Waals surface area contributed by atoms with Crippen molar-refractivity contribution in [3.63, 3.8) is 0 Å². The molecule has 0 aliphatic rings. The van der Waals surface area contributed by atoms with Gasteiger partial charge in [0.25, 0.3) is 0 Å². The minimum absolute atomic E-state index is 0.362. The minimum atomic E-state index is -0.518. The lowest BCUT2D eigenvalue weighted by molar-refractivity contribution is 0.00764. The van der Waals surface area contributed by atoms with E-state index in [0.717, 1.165) is 13.5 Å². The minimum Gasteiger partial charge on any atom is -0.456 e. The highest BCUT2D eigenvalue weighted by Crippen LogP contribution is 2.40. The molecule has 0 unspecified atom stereocenters. The summed E-state index contributed by atoms with van der Waals surface area (Å²) < 4.78 is 6.46. The number of hydrogen-bond acceptors (Lipinski definition) is 5. The van der Waals surface area contributed by atoms with E-state index in [4.69, 9.17) is 10.5 Å². The molecule has 2 rings (SSSR count). The van der Waals surface area contributed by atoms with Gasteiger partial charge >= 0.3 is 5.97 Å². The van der Waals surface area contributed by atoms with Crippen LogP contribution in [-0.2, 0) is 4.74 Å². The predicted octanol–water partition coefficient (Wildman–Crippen LogP) is 5.09. The van der Waals surface area contributed by atoms with E-state index in [1.165, 1.54) is 16.9 Å². The summed E-state index contributed by atoms with van der Waals surface area (Å²) in [5.41, 5.74) is 7.08. The molecule has 2 heterocycles. The average molecular weight is 374 g/mol. The van der Waals surface area contributed by atoms with Crippen LogP contribution in [0.2, 0.25) is 0 Å². The molecule has 3 nitrogen and oxygen atoms in total. The number of esters is 1. The maximum Gasteiger partial charge on any atom is 0.350 e. The molecule has 0 amide bonds. The van der Waals surface area contributed by atoms with Crippen molar-refractivity contribution in [3.05, 3.63) is 26.4 Å². The lowest BCUT2D eigenvalue weighted by Gasteiger charge is -2.18. The summed E-state index contributed by atoms with van der Waals surface area (Å²) in [6.07, 6.45) is 0. The van der Waals surface area contributed by atoms with Crippen molar-refractivity contribution in [1.82, 2.24) is 0 Å². The fourth-order valence-electron chi connectivity index (χ4n) is 1.59. The summed E-state index contributed by atoms with van der Waals surface area (Å²) in [4.78, 5) is 14.7. The van der Waals surface area contributed by atoms with Crippen LogP contribution in [0.15, 0.2) is 15.9 Å². The third-order valence-electron chi connectivity index (χ3n) is 2.45. The van der Waals surface area contributed by atoms with E-state index in [-0.39, 0.29) is 5.97 Å². The highest BCUT2D eigenvalue weighted by atomic mass is 79.9. The van der Waals surface area contributed by atoms with E-state index in [0.29, 0.717) is 10.6 Å². The van der Waals surface area contributed by atoms with Crippen molar-refractivity contribution in [2.45, 2.75) is 33.3 Å². The molecular formula is C14H16BrNO2S2. The number of hydrogen-bond donors (Lipinski definition) is 1. The number of ether oxygens (including phenoxy) is 1. The van der Waals surface area contributed by atoms with Crippen molar-refractivity contribution in [1.29, 1.82) is 0 Å². The van der Waals surface area contributed by atoms with Gasteiger partial charge in [0.05, 0.1) is 9.47 Å². The second-order valence-electron chi connectivity index (χ2n) is 5.46. The van der Waals surface area contributed by atoms with Gasteiger partial charge in [0.1, 0.15) is 10.5 Å². The number of thiophene rings is 2. The zero-order chi connectivity index (χ0) is 15.1. The molecule has 0 spiro atoms. The Morgan fingerprint density at radius 2 is 1.85 bits per heavy atom. The standard InChI is InChI=1S/C14H16BrNO2S2/c1-7-5-9(20-12(7)15)10-6-8(16)11(19-10)13(17)18-14(2,3)4/h5-6H,16H2,1-4H3. The molecule has 0 atom stereocenters. The van der Waals surface area contributed by atoms with E-state index in [2.05, 4.69) is 22.0 Å². The molecule has 0 fully saturated rings. The Morgan fingerprint density at radius 3 is 2.35 bits per heavy atom. The van der Waals surface area contributed by atoms with Crippen molar-refractivity contribution in [2.24, 2.45) is 0 Å². The first kappa shape index (κ1) is 15.5. The Balaban J connectivity index is 2.32. The Hall–Kier alpha value is -0.850. The normalized spacial score (nSPS) is 11.7. The summed E-state index contributed by atoms with van der Waals surface area (Å²) in [7, 11) is 0. The molecular weight excluding hydrogens is 358 g/mol. The molecule has 0 aliphatic carbocycles. The van der Waals surface area contributed by atoms with Gasteiger partial charge in [0.15, 0.2) is 0 Å². The van der Waals surface area contributed by atoms with E-state index >= 15 is 0 Å². The first-order valence-electron chi connectivity index (χ1n) is 6.06. The van der Waals surface area contributed by atoms with Crippen molar-refractivity contribution >= 4 is 50.3 Å². The molecule has 0 aromatic carbocycles. The Kier molecular flexibility index (Phi) is 4.27. The van der Waals surface area contributed by atoms with E-state index in [9.17, 15) is 4.79 Å². The van der Waals surface area contributed by atoms with E-state index in [1.807, 2.05) is 33.8 Å². The van der Waals surface area contributed by atoms with Crippen LogP contribution in [0.3, 0.4) is 0 Å². The summed E-state index contributed by atoms with van der Waals surface area (Å²) >= 11 is 6.51. The smallest absolute Gasteiger partial charge is 0.350 e. The number of rotatable bonds is 2. The molecule has 0 bridgehead atoms. The van der Waals surface area contributed by atoms with Gasteiger partial charge in [-0.05, 0) is 61.3 Å². The molecule has 0 saturated heterocycles. The van der Waals surface area contributed by atoms with Crippen LogP contribution >= 0.6 is 38.6 Å². The summed E-state index contributed by atoms with van der Waals surface area (Å²) in [5.74, 6) is -0.362. The van der Waals surface area contributed by atoms with Crippen LogP contribution in [-0.4, -0.2) is 11.6 Å². The topological polar surface area (TPSA) is 52.3 Å². The van der Waals surface area contributed by atoms with Gasteiger partial charge < -0.3 is 10.5 Å². The molecule has 0 aliphatic heterocycles. The quantitative estimate of drug-likeness (QED) is 0.746. The number of halogens is 1.